The lowest BCUT2D eigenvalue weighted by Crippen LogP contribution is -2.48. The monoisotopic (exact) mass is 398 g/mol. The molecular formula is C20H22ClF3N2O. The molecule has 0 bridgehead atoms. The minimum absolute atomic E-state index is 0. The van der Waals surface area contributed by atoms with Crippen molar-refractivity contribution >= 4 is 18.3 Å². The van der Waals surface area contributed by atoms with Gasteiger partial charge in [-0.1, -0.05) is 37.3 Å². The fraction of sp³-hybridized carbons (Fsp3) is 0.350. The quantitative estimate of drug-likeness (QED) is 0.798. The van der Waals surface area contributed by atoms with E-state index in [9.17, 15) is 18.0 Å². The zero-order chi connectivity index (χ0) is 18.7. The first-order valence-electron chi connectivity index (χ1n) is 8.64. The Bertz CT molecular complexity index is 778. The van der Waals surface area contributed by atoms with Gasteiger partial charge < -0.3 is 10.6 Å². The molecule has 2 aromatic rings. The maximum atomic E-state index is 12.8. The molecule has 0 saturated carbocycles. The van der Waals surface area contributed by atoms with Gasteiger partial charge in [0.05, 0.1) is 5.56 Å². The van der Waals surface area contributed by atoms with Crippen LogP contribution < -0.4 is 10.6 Å². The van der Waals surface area contributed by atoms with Crippen molar-refractivity contribution in [2.45, 2.75) is 25.6 Å². The standard InChI is InChI=1S/C20H21F3N2O.ClH/c1-13-12-24-11-10-18(13)25-19(26)17-5-3-2-4-16(17)14-6-8-15(9-7-14)20(21,22)23;/h2-9,13,18,24H,10-12H2,1H3,(H,25,26);1H. The van der Waals surface area contributed by atoms with Gasteiger partial charge in [0, 0.05) is 11.6 Å². The van der Waals surface area contributed by atoms with Crippen molar-refractivity contribution in [2.75, 3.05) is 13.1 Å². The Hall–Kier alpha value is -2.05. The van der Waals surface area contributed by atoms with Crippen molar-refractivity contribution in [1.82, 2.24) is 10.6 Å². The molecule has 2 unspecified atom stereocenters. The Balaban J connectivity index is 0.00000261. The molecule has 1 saturated heterocycles. The lowest BCUT2D eigenvalue weighted by molar-refractivity contribution is -0.137. The topological polar surface area (TPSA) is 41.1 Å². The Morgan fingerprint density at radius 3 is 2.41 bits per heavy atom. The third-order valence-electron chi connectivity index (χ3n) is 4.80. The van der Waals surface area contributed by atoms with Gasteiger partial charge in [0.15, 0.2) is 0 Å². The van der Waals surface area contributed by atoms with Gasteiger partial charge in [-0.3, -0.25) is 4.79 Å². The minimum atomic E-state index is -4.37. The van der Waals surface area contributed by atoms with Crippen molar-refractivity contribution in [1.29, 1.82) is 0 Å². The van der Waals surface area contributed by atoms with E-state index in [0.717, 1.165) is 31.6 Å². The van der Waals surface area contributed by atoms with Crippen molar-refractivity contribution in [3.05, 3.63) is 59.7 Å². The summed E-state index contributed by atoms with van der Waals surface area (Å²) in [4.78, 5) is 12.8. The van der Waals surface area contributed by atoms with Gasteiger partial charge >= 0.3 is 6.18 Å². The SMILES string of the molecule is CC1CNCCC1NC(=O)c1ccccc1-c1ccc(C(F)(F)F)cc1.Cl. The molecule has 1 heterocycles. The first-order chi connectivity index (χ1) is 12.4. The average Bonchev–Trinajstić information content (AvgIpc) is 2.63. The van der Waals surface area contributed by atoms with Crippen LogP contribution in [0.25, 0.3) is 11.1 Å². The van der Waals surface area contributed by atoms with Gasteiger partial charge in [-0.25, -0.2) is 0 Å². The Morgan fingerprint density at radius 1 is 1.11 bits per heavy atom. The molecule has 1 amide bonds. The van der Waals surface area contributed by atoms with E-state index in [0.29, 0.717) is 22.6 Å². The number of carbonyl (C=O) groups excluding carboxylic acids is 1. The number of hydrogen-bond donors (Lipinski definition) is 2. The van der Waals surface area contributed by atoms with Gasteiger partial charge in [0.25, 0.3) is 5.91 Å². The molecule has 2 aromatic carbocycles. The summed E-state index contributed by atoms with van der Waals surface area (Å²) in [5.74, 6) is 0.130. The zero-order valence-electron chi connectivity index (χ0n) is 14.8. The van der Waals surface area contributed by atoms with Gasteiger partial charge in [-0.05, 0) is 54.8 Å². The van der Waals surface area contributed by atoms with Gasteiger partial charge in [-0.15, -0.1) is 12.4 Å². The molecule has 3 nitrogen and oxygen atoms in total. The number of amides is 1. The predicted molar refractivity (Wildman–Crippen MR) is 102 cm³/mol. The largest absolute Gasteiger partial charge is 0.416 e. The first-order valence-corrected chi connectivity index (χ1v) is 8.64. The minimum Gasteiger partial charge on any atom is -0.349 e. The third kappa shape index (κ3) is 5.02. The summed E-state index contributed by atoms with van der Waals surface area (Å²) in [6.45, 7) is 3.79. The number of carbonyl (C=O) groups is 1. The van der Waals surface area contributed by atoms with E-state index in [1.807, 2.05) is 0 Å². The van der Waals surface area contributed by atoms with Crippen molar-refractivity contribution in [3.63, 3.8) is 0 Å². The van der Waals surface area contributed by atoms with Crippen LogP contribution in [-0.4, -0.2) is 25.0 Å². The number of alkyl halides is 3. The van der Waals surface area contributed by atoms with E-state index in [1.54, 1.807) is 24.3 Å². The van der Waals surface area contributed by atoms with E-state index in [-0.39, 0.29) is 24.4 Å². The highest BCUT2D eigenvalue weighted by Gasteiger charge is 2.30. The normalized spacial score (nSPS) is 19.9. The second-order valence-corrected chi connectivity index (χ2v) is 6.67. The third-order valence-corrected chi connectivity index (χ3v) is 4.80. The van der Waals surface area contributed by atoms with E-state index in [2.05, 4.69) is 17.6 Å². The van der Waals surface area contributed by atoms with E-state index < -0.39 is 11.7 Å². The Kier molecular flexibility index (Phi) is 6.89. The molecule has 0 aliphatic carbocycles. The summed E-state index contributed by atoms with van der Waals surface area (Å²) in [7, 11) is 0. The van der Waals surface area contributed by atoms with Crippen LogP contribution in [0.3, 0.4) is 0 Å². The molecule has 27 heavy (non-hydrogen) atoms. The molecule has 1 aliphatic rings. The van der Waals surface area contributed by atoms with E-state index >= 15 is 0 Å². The molecule has 146 valence electrons. The summed E-state index contributed by atoms with van der Waals surface area (Å²) in [6, 6.07) is 12.0. The molecule has 0 spiro atoms. The molecule has 3 rings (SSSR count). The average molecular weight is 399 g/mol. The van der Waals surface area contributed by atoms with Crippen molar-refractivity contribution < 1.29 is 18.0 Å². The maximum absolute atomic E-state index is 12.8. The molecule has 2 atom stereocenters. The summed E-state index contributed by atoms with van der Waals surface area (Å²) in [6.07, 6.45) is -3.52. The fourth-order valence-corrected chi connectivity index (χ4v) is 3.25. The molecule has 0 radical (unpaired) electrons. The first kappa shape index (κ1) is 21.3. The Labute approximate surface area is 162 Å². The molecular weight excluding hydrogens is 377 g/mol. The highest BCUT2D eigenvalue weighted by atomic mass is 35.5. The van der Waals surface area contributed by atoms with Crippen LogP contribution in [0.15, 0.2) is 48.5 Å². The number of rotatable bonds is 3. The van der Waals surface area contributed by atoms with Gasteiger partial charge in [0.1, 0.15) is 0 Å². The molecule has 2 N–H and O–H groups in total. The smallest absolute Gasteiger partial charge is 0.349 e. The van der Waals surface area contributed by atoms with E-state index in [1.165, 1.54) is 12.1 Å². The van der Waals surface area contributed by atoms with Gasteiger partial charge in [-0.2, -0.15) is 13.2 Å². The zero-order valence-corrected chi connectivity index (χ0v) is 15.7. The molecule has 0 aromatic heterocycles. The summed E-state index contributed by atoms with van der Waals surface area (Å²) < 4.78 is 38.3. The van der Waals surface area contributed by atoms with Gasteiger partial charge in [0.2, 0.25) is 0 Å². The second-order valence-electron chi connectivity index (χ2n) is 6.67. The number of piperidine rings is 1. The lowest BCUT2D eigenvalue weighted by Gasteiger charge is -2.30. The lowest BCUT2D eigenvalue weighted by atomic mass is 9.94. The van der Waals surface area contributed by atoms with E-state index in [4.69, 9.17) is 0 Å². The van der Waals surface area contributed by atoms with Crippen LogP contribution in [0.2, 0.25) is 0 Å². The molecule has 1 aliphatic heterocycles. The number of benzene rings is 2. The van der Waals surface area contributed by atoms with Crippen LogP contribution in [0.5, 0.6) is 0 Å². The highest BCUT2D eigenvalue weighted by Crippen LogP contribution is 2.32. The van der Waals surface area contributed by atoms with Crippen LogP contribution >= 0.6 is 12.4 Å². The van der Waals surface area contributed by atoms with Crippen molar-refractivity contribution in [2.24, 2.45) is 5.92 Å². The predicted octanol–water partition coefficient (Wildman–Crippen LogP) is 4.52. The highest BCUT2D eigenvalue weighted by molar-refractivity contribution is 6.01. The second kappa shape index (κ2) is 8.76. The van der Waals surface area contributed by atoms with Crippen LogP contribution in [0.4, 0.5) is 13.2 Å². The number of hydrogen-bond acceptors (Lipinski definition) is 2. The van der Waals surface area contributed by atoms with Crippen molar-refractivity contribution in [3.8, 4) is 11.1 Å². The van der Waals surface area contributed by atoms with Crippen LogP contribution in [0, 0.1) is 5.92 Å². The molecule has 7 heteroatoms. The summed E-state index contributed by atoms with van der Waals surface area (Å²) >= 11 is 0. The molecule has 1 fully saturated rings. The maximum Gasteiger partial charge on any atom is 0.416 e. The summed E-state index contributed by atoms with van der Waals surface area (Å²) in [5.41, 5.74) is 0.979. The number of nitrogens with one attached hydrogen (secondary N) is 2. The summed E-state index contributed by atoms with van der Waals surface area (Å²) in [5, 5.41) is 6.36. The fourth-order valence-electron chi connectivity index (χ4n) is 3.25. The van der Waals surface area contributed by atoms with Crippen LogP contribution in [-0.2, 0) is 6.18 Å². The Morgan fingerprint density at radius 2 is 1.78 bits per heavy atom. The number of halogens is 4. The van der Waals surface area contributed by atoms with Crippen LogP contribution in [0.1, 0.15) is 29.3 Å².